The molecule has 0 unspecified atom stereocenters. The Bertz CT molecular complexity index is 1100. The van der Waals surface area contributed by atoms with E-state index >= 15 is 0 Å². The minimum Gasteiger partial charge on any atom is -0.497 e. The number of aliphatic imine (C=N–C) groups is 1. The minimum absolute atomic E-state index is 0.130. The lowest BCUT2D eigenvalue weighted by atomic mass is 10.1. The van der Waals surface area contributed by atoms with Crippen LogP contribution in [0.15, 0.2) is 88.1 Å². The number of benzene rings is 2. The van der Waals surface area contributed by atoms with Crippen molar-refractivity contribution in [1.29, 1.82) is 0 Å². The maximum Gasteiger partial charge on any atom is 0.278 e. The van der Waals surface area contributed by atoms with Crippen LogP contribution in [0.2, 0.25) is 0 Å². The Morgan fingerprint density at radius 3 is 2.66 bits per heavy atom. The summed E-state index contributed by atoms with van der Waals surface area (Å²) in [5.41, 5.74) is 1.44. The number of hydrogen-bond acceptors (Lipinski definition) is 5. The third-order valence-electron chi connectivity index (χ3n) is 4.49. The number of methoxy groups -OCH3 is 1. The highest BCUT2D eigenvalue weighted by molar-refractivity contribution is 6.21. The molecular weight excluding hydrogens is 368 g/mol. The second-order valence-corrected chi connectivity index (χ2v) is 6.39. The number of ketones is 1. The smallest absolute Gasteiger partial charge is 0.278 e. The first-order valence-electron chi connectivity index (χ1n) is 9.04. The third kappa shape index (κ3) is 3.87. The van der Waals surface area contributed by atoms with E-state index in [4.69, 9.17) is 9.15 Å². The molecule has 1 amide bonds. The second-order valence-electron chi connectivity index (χ2n) is 6.39. The van der Waals surface area contributed by atoms with Crippen LogP contribution in [0.4, 0.5) is 0 Å². The van der Waals surface area contributed by atoms with Crippen LogP contribution in [-0.2, 0) is 4.79 Å². The van der Waals surface area contributed by atoms with Crippen molar-refractivity contribution in [3.05, 3.63) is 95.6 Å². The van der Waals surface area contributed by atoms with E-state index in [0.29, 0.717) is 22.9 Å². The molecule has 0 aliphatic carbocycles. The van der Waals surface area contributed by atoms with Gasteiger partial charge in [0.05, 0.1) is 19.9 Å². The highest BCUT2D eigenvalue weighted by Crippen LogP contribution is 2.23. The van der Waals surface area contributed by atoms with Crippen molar-refractivity contribution >= 4 is 23.6 Å². The number of carbonyl (C=O) groups excluding carboxylic acids is 2. The van der Waals surface area contributed by atoms with E-state index in [0.717, 1.165) is 5.56 Å². The molecule has 0 radical (unpaired) electrons. The lowest BCUT2D eigenvalue weighted by molar-refractivity contribution is -0.122. The van der Waals surface area contributed by atoms with Gasteiger partial charge in [0.2, 0.25) is 0 Å². The van der Waals surface area contributed by atoms with Gasteiger partial charge < -0.3 is 9.15 Å². The molecule has 0 saturated heterocycles. The first kappa shape index (κ1) is 18.4. The zero-order chi connectivity index (χ0) is 20.2. The molecule has 6 nitrogen and oxygen atoms in total. The number of nitrogens with zero attached hydrogens (tertiary/aromatic N) is 2. The average molecular weight is 386 g/mol. The lowest BCUT2D eigenvalue weighted by Gasteiger charge is -2.17. The van der Waals surface area contributed by atoms with Crippen LogP contribution < -0.4 is 4.74 Å². The Hall–Kier alpha value is -3.93. The average Bonchev–Trinajstić information content (AvgIpc) is 3.38. The molecule has 0 saturated carbocycles. The van der Waals surface area contributed by atoms with E-state index < -0.39 is 0 Å². The monoisotopic (exact) mass is 386 g/mol. The molecule has 1 aliphatic rings. The summed E-state index contributed by atoms with van der Waals surface area (Å²) in [6.45, 7) is -0.130. The largest absolute Gasteiger partial charge is 0.497 e. The minimum atomic E-state index is -0.350. The number of amides is 1. The SMILES string of the molecule is COc1cccc(C(=O)CN2C(=O)C(=Cc3ccco3)N=C2c2ccccc2)c1. The quantitative estimate of drug-likeness (QED) is 0.477. The molecule has 2 heterocycles. The molecule has 4 rings (SSSR count). The number of hydrogen-bond donors (Lipinski definition) is 0. The highest BCUT2D eigenvalue weighted by atomic mass is 16.5. The van der Waals surface area contributed by atoms with Crippen LogP contribution in [0.5, 0.6) is 5.75 Å². The van der Waals surface area contributed by atoms with Gasteiger partial charge in [0.15, 0.2) is 5.78 Å². The van der Waals surface area contributed by atoms with Crippen LogP contribution in [0.3, 0.4) is 0 Å². The van der Waals surface area contributed by atoms with Crippen molar-refractivity contribution in [3.63, 3.8) is 0 Å². The predicted octanol–water partition coefficient (Wildman–Crippen LogP) is 3.80. The summed E-state index contributed by atoms with van der Waals surface area (Å²) < 4.78 is 10.5. The van der Waals surface area contributed by atoms with Crippen molar-refractivity contribution in [2.75, 3.05) is 13.7 Å². The van der Waals surface area contributed by atoms with Crippen LogP contribution in [0, 0.1) is 0 Å². The zero-order valence-electron chi connectivity index (χ0n) is 15.7. The van der Waals surface area contributed by atoms with E-state index in [1.807, 2.05) is 30.3 Å². The second kappa shape index (κ2) is 7.98. The number of Topliss-reactive ketones (excluding diaryl/α,β-unsaturated/α-hetero) is 1. The van der Waals surface area contributed by atoms with E-state index in [9.17, 15) is 9.59 Å². The molecule has 2 aromatic carbocycles. The standard InChI is InChI=1S/C23H18N2O4/c1-28-18-10-5-9-17(13-18)21(26)15-25-22(16-7-3-2-4-8-16)24-20(23(25)27)14-19-11-6-12-29-19/h2-14H,15H2,1H3. The van der Waals surface area contributed by atoms with Gasteiger partial charge in [-0.1, -0.05) is 42.5 Å². The van der Waals surface area contributed by atoms with Gasteiger partial charge in [-0.3, -0.25) is 14.5 Å². The summed E-state index contributed by atoms with van der Waals surface area (Å²) in [5, 5.41) is 0. The maximum atomic E-state index is 13.0. The van der Waals surface area contributed by atoms with Crippen molar-refractivity contribution in [2.24, 2.45) is 4.99 Å². The lowest BCUT2D eigenvalue weighted by Crippen LogP contribution is -2.37. The van der Waals surface area contributed by atoms with Gasteiger partial charge in [-0.15, -0.1) is 0 Å². The normalized spacial score (nSPS) is 14.9. The molecular formula is C23H18N2O4. The van der Waals surface area contributed by atoms with Crippen molar-refractivity contribution in [3.8, 4) is 5.75 Å². The molecule has 1 aromatic heterocycles. The number of carbonyl (C=O) groups is 2. The summed E-state index contributed by atoms with van der Waals surface area (Å²) in [7, 11) is 1.54. The molecule has 6 heteroatoms. The summed E-state index contributed by atoms with van der Waals surface area (Å²) in [5.74, 6) is 0.978. The van der Waals surface area contributed by atoms with Crippen molar-refractivity contribution < 1.29 is 18.7 Å². The Labute approximate surface area is 167 Å². The Morgan fingerprint density at radius 2 is 1.93 bits per heavy atom. The Kier molecular flexibility index (Phi) is 5.07. The van der Waals surface area contributed by atoms with Gasteiger partial charge in [-0.25, -0.2) is 4.99 Å². The van der Waals surface area contributed by atoms with E-state index in [1.165, 1.54) is 11.2 Å². The molecule has 3 aromatic rings. The number of ether oxygens (including phenoxy) is 1. The van der Waals surface area contributed by atoms with Gasteiger partial charge in [-0.05, 0) is 24.3 Å². The summed E-state index contributed by atoms with van der Waals surface area (Å²) in [6, 6.07) is 19.6. The van der Waals surface area contributed by atoms with Crippen LogP contribution >= 0.6 is 0 Å². The molecule has 0 atom stereocenters. The Morgan fingerprint density at radius 1 is 1.10 bits per heavy atom. The van der Waals surface area contributed by atoms with Crippen LogP contribution in [0.1, 0.15) is 21.7 Å². The van der Waals surface area contributed by atoms with Crippen molar-refractivity contribution in [2.45, 2.75) is 0 Å². The highest BCUT2D eigenvalue weighted by Gasteiger charge is 2.33. The molecule has 144 valence electrons. The van der Waals surface area contributed by atoms with Crippen LogP contribution in [0.25, 0.3) is 6.08 Å². The molecule has 29 heavy (non-hydrogen) atoms. The van der Waals surface area contributed by atoms with Gasteiger partial charge in [0, 0.05) is 17.2 Å². The first-order chi connectivity index (χ1) is 14.2. The fraction of sp³-hybridized carbons (Fsp3) is 0.0870. The van der Waals surface area contributed by atoms with E-state index in [1.54, 1.807) is 49.6 Å². The van der Waals surface area contributed by atoms with E-state index in [2.05, 4.69) is 4.99 Å². The molecule has 0 fully saturated rings. The Balaban J connectivity index is 1.67. The number of rotatable bonds is 6. The fourth-order valence-electron chi connectivity index (χ4n) is 3.04. The molecule has 0 N–H and O–H groups in total. The first-order valence-corrected chi connectivity index (χ1v) is 9.04. The molecule has 0 bridgehead atoms. The topological polar surface area (TPSA) is 72.1 Å². The van der Waals surface area contributed by atoms with Gasteiger partial charge in [-0.2, -0.15) is 0 Å². The predicted molar refractivity (Wildman–Crippen MR) is 109 cm³/mol. The summed E-state index contributed by atoms with van der Waals surface area (Å²) in [6.07, 6.45) is 3.10. The summed E-state index contributed by atoms with van der Waals surface area (Å²) in [4.78, 5) is 31.8. The van der Waals surface area contributed by atoms with E-state index in [-0.39, 0.29) is 23.9 Å². The molecule has 0 spiro atoms. The molecule has 1 aliphatic heterocycles. The van der Waals surface area contributed by atoms with Crippen LogP contribution in [-0.4, -0.2) is 36.1 Å². The van der Waals surface area contributed by atoms with Crippen molar-refractivity contribution in [1.82, 2.24) is 4.90 Å². The maximum absolute atomic E-state index is 13.0. The summed E-state index contributed by atoms with van der Waals surface area (Å²) >= 11 is 0. The number of amidine groups is 1. The van der Waals surface area contributed by atoms with Gasteiger partial charge in [0.25, 0.3) is 5.91 Å². The third-order valence-corrected chi connectivity index (χ3v) is 4.49. The van der Waals surface area contributed by atoms with Gasteiger partial charge in [0.1, 0.15) is 23.0 Å². The van der Waals surface area contributed by atoms with Gasteiger partial charge >= 0.3 is 0 Å². The number of furan rings is 1. The fourth-order valence-corrected chi connectivity index (χ4v) is 3.04. The zero-order valence-corrected chi connectivity index (χ0v) is 15.7.